The normalized spacial score (nSPS) is 14.5. The van der Waals surface area contributed by atoms with Crippen molar-refractivity contribution in [3.05, 3.63) is 58.8 Å². The molecule has 154 valence electrons. The third-order valence-electron chi connectivity index (χ3n) is 6.02. The van der Waals surface area contributed by atoms with Crippen molar-refractivity contribution in [3.63, 3.8) is 0 Å². The van der Waals surface area contributed by atoms with Crippen LogP contribution in [0.2, 0.25) is 0 Å². The molecule has 7 heteroatoms. The SMILES string of the molecule is CCc1nnc2n1-c1c(C)c(-c3cc(F)cc4c(C)c[nH]c34)cc(F)c1NC2(C)C. The van der Waals surface area contributed by atoms with Crippen molar-refractivity contribution in [3.8, 4) is 16.8 Å². The number of benzene rings is 2. The summed E-state index contributed by atoms with van der Waals surface area (Å²) in [5, 5.41) is 12.8. The van der Waals surface area contributed by atoms with Gasteiger partial charge in [-0.05, 0) is 62.6 Å². The molecule has 5 nitrogen and oxygen atoms in total. The van der Waals surface area contributed by atoms with Crippen LogP contribution in [0.15, 0.2) is 24.4 Å². The Morgan fingerprint density at radius 3 is 2.57 bits per heavy atom. The molecule has 5 rings (SSSR count). The summed E-state index contributed by atoms with van der Waals surface area (Å²) in [6.45, 7) is 9.76. The van der Waals surface area contributed by atoms with E-state index in [0.717, 1.165) is 33.7 Å². The van der Waals surface area contributed by atoms with Gasteiger partial charge in [0.05, 0.1) is 22.4 Å². The first-order valence-corrected chi connectivity index (χ1v) is 10.1. The van der Waals surface area contributed by atoms with E-state index in [1.165, 1.54) is 18.2 Å². The van der Waals surface area contributed by atoms with E-state index >= 15 is 4.39 Å². The summed E-state index contributed by atoms with van der Waals surface area (Å²) in [6, 6.07) is 4.45. The van der Waals surface area contributed by atoms with Crippen LogP contribution in [0.4, 0.5) is 14.5 Å². The van der Waals surface area contributed by atoms with Crippen LogP contribution < -0.4 is 5.32 Å². The molecule has 0 bridgehead atoms. The first-order valence-electron chi connectivity index (χ1n) is 10.1. The Morgan fingerprint density at radius 2 is 1.83 bits per heavy atom. The monoisotopic (exact) mass is 407 g/mol. The number of rotatable bonds is 2. The van der Waals surface area contributed by atoms with E-state index in [-0.39, 0.29) is 11.6 Å². The lowest BCUT2D eigenvalue weighted by Gasteiger charge is -2.35. The van der Waals surface area contributed by atoms with Gasteiger partial charge in [0.15, 0.2) is 5.82 Å². The molecule has 2 aromatic carbocycles. The minimum Gasteiger partial charge on any atom is -0.369 e. The number of hydrogen-bond donors (Lipinski definition) is 2. The van der Waals surface area contributed by atoms with Gasteiger partial charge >= 0.3 is 0 Å². The maximum Gasteiger partial charge on any atom is 0.162 e. The second-order valence-corrected chi connectivity index (χ2v) is 8.48. The number of aryl methyl sites for hydroxylation is 2. The van der Waals surface area contributed by atoms with E-state index in [4.69, 9.17) is 0 Å². The molecule has 3 heterocycles. The van der Waals surface area contributed by atoms with Gasteiger partial charge in [-0.3, -0.25) is 4.57 Å². The number of halogens is 2. The van der Waals surface area contributed by atoms with Gasteiger partial charge in [-0.2, -0.15) is 0 Å². The Hall–Kier alpha value is -3.22. The van der Waals surface area contributed by atoms with Crippen LogP contribution in [-0.4, -0.2) is 19.7 Å². The van der Waals surface area contributed by atoms with Gasteiger partial charge in [-0.25, -0.2) is 8.78 Å². The van der Waals surface area contributed by atoms with Gasteiger partial charge in [-0.1, -0.05) is 6.92 Å². The summed E-state index contributed by atoms with van der Waals surface area (Å²) in [4.78, 5) is 3.22. The van der Waals surface area contributed by atoms with Crippen molar-refractivity contribution >= 4 is 16.6 Å². The van der Waals surface area contributed by atoms with Crippen LogP contribution in [0.5, 0.6) is 0 Å². The number of aromatic amines is 1. The topological polar surface area (TPSA) is 58.5 Å². The quantitative estimate of drug-likeness (QED) is 0.459. The maximum atomic E-state index is 15.5. The third-order valence-corrected chi connectivity index (χ3v) is 6.02. The van der Waals surface area contributed by atoms with Crippen LogP contribution >= 0.6 is 0 Å². The van der Waals surface area contributed by atoms with Gasteiger partial charge < -0.3 is 10.3 Å². The first-order chi connectivity index (χ1) is 14.2. The highest BCUT2D eigenvalue weighted by molar-refractivity contribution is 5.98. The average Bonchev–Trinajstić information content (AvgIpc) is 3.28. The van der Waals surface area contributed by atoms with Crippen LogP contribution in [0.1, 0.15) is 43.5 Å². The largest absolute Gasteiger partial charge is 0.369 e. The van der Waals surface area contributed by atoms with E-state index in [9.17, 15) is 4.39 Å². The van der Waals surface area contributed by atoms with E-state index < -0.39 is 5.54 Å². The fraction of sp³-hybridized carbons (Fsp3) is 0.304. The van der Waals surface area contributed by atoms with Gasteiger partial charge in [0.25, 0.3) is 0 Å². The molecule has 0 radical (unpaired) electrons. The summed E-state index contributed by atoms with van der Waals surface area (Å²) < 4.78 is 31.9. The van der Waals surface area contributed by atoms with Crippen LogP contribution in [0.25, 0.3) is 27.7 Å². The molecule has 30 heavy (non-hydrogen) atoms. The number of aromatic nitrogens is 4. The third kappa shape index (κ3) is 2.44. The van der Waals surface area contributed by atoms with E-state index in [0.29, 0.717) is 28.9 Å². The van der Waals surface area contributed by atoms with Gasteiger partial charge in [0.2, 0.25) is 0 Å². The molecule has 0 saturated carbocycles. The second-order valence-electron chi connectivity index (χ2n) is 8.48. The van der Waals surface area contributed by atoms with Crippen molar-refractivity contribution in [1.29, 1.82) is 0 Å². The zero-order chi connectivity index (χ0) is 21.4. The van der Waals surface area contributed by atoms with Gasteiger partial charge in [-0.15, -0.1) is 10.2 Å². The lowest BCUT2D eigenvalue weighted by atomic mass is 9.92. The molecule has 0 aliphatic carbocycles. The van der Waals surface area contributed by atoms with E-state index in [2.05, 4.69) is 20.5 Å². The minimum absolute atomic E-state index is 0.351. The smallest absolute Gasteiger partial charge is 0.162 e. The molecule has 0 spiro atoms. The number of nitrogens with zero attached hydrogens (tertiary/aromatic N) is 3. The lowest BCUT2D eigenvalue weighted by Crippen LogP contribution is -2.37. The Labute approximate surface area is 173 Å². The highest BCUT2D eigenvalue weighted by Crippen LogP contribution is 2.44. The van der Waals surface area contributed by atoms with Crippen molar-refractivity contribution in [1.82, 2.24) is 19.7 Å². The molecule has 4 aromatic rings. The number of anilines is 1. The number of hydrogen-bond acceptors (Lipinski definition) is 3. The summed E-state index contributed by atoms with van der Waals surface area (Å²) in [6.07, 6.45) is 2.50. The van der Waals surface area contributed by atoms with Gasteiger partial charge in [0.1, 0.15) is 17.5 Å². The molecule has 0 unspecified atom stereocenters. The highest BCUT2D eigenvalue weighted by Gasteiger charge is 2.37. The molecule has 1 aliphatic rings. The van der Waals surface area contributed by atoms with Gasteiger partial charge in [0, 0.05) is 23.6 Å². The molecular weight excluding hydrogens is 384 g/mol. The van der Waals surface area contributed by atoms with Crippen molar-refractivity contribution < 1.29 is 8.78 Å². The number of fused-ring (bicyclic) bond motifs is 4. The van der Waals surface area contributed by atoms with Crippen molar-refractivity contribution in [2.45, 2.75) is 46.6 Å². The predicted octanol–water partition coefficient (Wildman–Crippen LogP) is 5.53. The Bertz CT molecular complexity index is 1330. The Morgan fingerprint density at radius 1 is 1.07 bits per heavy atom. The zero-order valence-corrected chi connectivity index (χ0v) is 17.6. The molecule has 2 N–H and O–H groups in total. The summed E-state index contributed by atoms with van der Waals surface area (Å²) in [5.41, 5.74) is 4.37. The fourth-order valence-electron chi connectivity index (χ4n) is 4.51. The number of nitrogens with one attached hydrogen (secondary N) is 2. The predicted molar refractivity (Wildman–Crippen MR) is 114 cm³/mol. The van der Waals surface area contributed by atoms with Crippen LogP contribution in [-0.2, 0) is 12.0 Å². The summed E-state index contributed by atoms with van der Waals surface area (Å²) >= 11 is 0. The van der Waals surface area contributed by atoms with Crippen molar-refractivity contribution in [2.24, 2.45) is 0 Å². The Balaban J connectivity index is 1.87. The summed E-state index contributed by atoms with van der Waals surface area (Å²) in [5.74, 6) is 0.754. The second kappa shape index (κ2) is 6.14. The molecule has 1 aliphatic heterocycles. The van der Waals surface area contributed by atoms with Crippen LogP contribution in [0.3, 0.4) is 0 Å². The molecule has 2 aromatic heterocycles. The maximum absolute atomic E-state index is 15.5. The molecule has 0 fully saturated rings. The van der Waals surface area contributed by atoms with Crippen LogP contribution in [0, 0.1) is 25.5 Å². The molecule has 0 amide bonds. The van der Waals surface area contributed by atoms with Crippen molar-refractivity contribution in [2.75, 3.05) is 5.32 Å². The molecular formula is C23H23F2N5. The molecule has 0 atom stereocenters. The minimum atomic E-state index is -0.578. The summed E-state index contributed by atoms with van der Waals surface area (Å²) in [7, 11) is 0. The first kappa shape index (κ1) is 18.8. The fourth-order valence-corrected chi connectivity index (χ4v) is 4.51. The average molecular weight is 407 g/mol. The highest BCUT2D eigenvalue weighted by atomic mass is 19.1. The lowest BCUT2D eigenvalue weighted by molar-refractivity contribution is 0.521. The number of H-pyrrole nitrogens is 1. The van der Waals surface area contributed by atoms with E-state index in [1.807, 2.05) is 45.4 Å². The van der Waals surface area contributed by atoms with E-state index in [1.54, 1.807) is 0 Å². The molecule has 0 saturated heterocycles. The Kier molecular flexibility index (Phi) is 3.84. The zero-order valence-electron chi connectivity index (χ0n) is 17.6. The standard InChI is InChI=1S/C23H23F2N5/c1-6-18-28-29-22-23(4,5)27-20-17(25)9-15(12(3)21(20)30(18)22)16-8-13(24)7-14-11(2)10-26-19(14)16/h7-10,26-27H,6H2,1-5H3.